The van der Waals surface area contributed by atoms with Gasteiger partial charge in [-0.15, -0.1) is 0 Å². The fourth-order valence-corrected chi connectivity index (χ4v) is 4.30. The lowest BCUT2D eigenvalue weighted by Gasteiger charge is -2.35. The normalized spacial score (nSPS) is 15.3. The molecular formula is C24H26N6O5. The topological polar surface area (TPSA) is 126 Å². The number of nitrogens with one attached hydrogen (secondary N) is 1. The Morgan fingerprint density at radius 3 is 2.51 bits per heavy atom. The Labute approximate surface area is 202 Å². The van der Waals surface area contributed by atoms with Gasteiger partial charge in [-0.3, -0.25) is 15.0 Å². The number of phenols is 1. The van der Waals surface area contributed by atoms with Crippen LogP contribution >= 0.6 is 0 Å². The number of nitro groups is 1. The molecule has 11 nitrogen and oxygen atoms in total. The van der Waals surface area contributed by atoms with Crippen molar-refractivity contribution in [2.24, 2.45) is 0 Å². The van der Waals surface area contributed by atoms with Gasteiger partial charge in [0.2, 0.25) is 18.4 Å². The van der Waals surface area contributed by atoms with E-state index in [0.29, 0.717) is 31.9 Å². The lowest BCUT2D eigenvalue weighted by Crippen LogP contribution is -2.46. The van der Waals surface area contributed by atoms with E-state index >= 15 is 0 Å². The smallest absolute Gasteiger partial charge is 0.353 e. The SMILES string of the molecule is O=[N+]([O-])c1c(NCCc2ccc(O)cc2)ncnc1N1CCN(Cc2ccc3c(c2)OCO3)CC1. The van der Waals surface area contributed by atoms with E-state index in [-0.39, 0.29) is 24.0 Å². The second kappa shape index (κ2) is 10.0. The number of hydrogen-bond donors (Lipinski definition) is 2. The second-order valence-electron chi connectivity index (χ2n) is 8.45. The van der Waals surface area contributed by atoms with Crippen LogP contribution < -0.4 is 19.7 Å². The Kier molecular flexibility index (Phi) is 6.49. The first kappa shape index (κ1) is 22.7. The van der Waals surface area contributed by atoms with Crippen molar-refractivity contribution in [2.45, 2.75) is 13.0 Å². The number of phenolic OH excluding ortho intramolecular Hbond substituents is 1. The fraction of sp³-hybridized carbons (Fsp3) is 0.333. The minimum atomic E-state index is -0.419. The van der Waals surface area contributed by atoms with Crippen molar-refractivity contribution in [3.8, 4) is 17.2 Å². The van der Waals surface area contributed by atoms with Crippen LogP contribution in [0.5, 0.6) is 17.2 Å². The molecule has 182 valence electrons. The summed E-state index contributed by atoms with van der Waals surface area (Å²) < 4.78 is 10.8. The predicted octanol–water partition coefficient (Wildman–Crippen LogP) is 2.80. The Morgan fingerprint density at radius 1 is 1.00 bits per heavy atom. The number of aromatic hydroxyl groups is 1. The molecule has 1 saturated heterocycles. The molecule has 2 aromatic carbocycles. The minimum absolute atomic E-state index is 0.109. The number of hydrogen-bond acceptors (Lipinski definition) is 10. The number of nitrogens with zero attached hydrogens (tertiary/aromatic N) is 5. The van der Waals surface area contributed by atoms with Crippen LogP contribution in [0.15, 0.2) is 48.8 Å². The van der Waals surface area contributed by atoms with E-state index < -0.39 is 4.92 Å². The van der Waals surface area contributed by atoms with E-state index in [4.69, 9.17) is 9.47 Å². The molecule has 2 aliphatic rings. The Morgan fingerprint density at radius 2 is 1.74 bits per heavy atom. The van der Waals surface area contributed by atoms with Crippen molar-refractivity contribution in [2.75, 3.05) is 49.7 Å². The third-order valence-corrected chi connectivity index (χ3v) is 6.14. The van der Waals surface area contributed by atoms with Gasteiger partial charge in [0.15, 0.2) is 11.5 Å². The summed E-state index contributed by atoms with van der Waals surface area (Å²) in [5, 5.41) is 24.4. The second-order valence-corrected chi connectivity index (χ2v) is 8.45. The van der Waals surface area contributed by atoms with Crippen LogP contribution in [0.1, 0.15) is 11.1 Å². The molecule has 5 rings (SSSR count). The molecule has 0 spiro atoms. The first-order valence-corrected chi connectivity index (χ1v) is 11.4. The summed E-state index contributed by atoms with van der Waals surface area (Å²) in [5.74, 6) is 2.28. The summed E-state index contributed by atoms with van der Waals surface area (Å²) in [6.45, 7) is 4.22. The summed E-state index contributed by atoms with van der Waals surface area (Å²) >= 11 is 0. The standard InChI is InChI=1S/C24H26N6O5/c31-19-4-1-17(2-5-19)7-8-25-23-22(30(32)33)24(27-15-26-23)29-11-9-28(10-12-29)14-18-3-6-20-21(13-18)35-16-34-20/h1-6,13,15,31H,7-12,14,16H2,(H,25,26,27). The molecule has 0 atom stereocenters. The van der Waals surface area contributed by atoms with Crippen LogP contribution in [0.4, 0.5) is 17.3 Å². The number of benzene rings is 2. The summed E-state index contributed by atoms with van der Waals surface area (Å²) in [6, 6.07) is 12.8. The predicted molar refractivity (Wildman–Crippen MR) is 129 cm³/mol. The molecule has 1 fully saturated rings. The molecule has 35 heavy (non-hydrogen) atoms. The monoisotopic (exact) mass is 478 g/mol. The Bertz CT molecular complexity index is 1200. The molecule has 3 heterocycles. The fourth-order valence-electron chi connectivity index (χ4n) is 4.30. The first-order valence-electron chi connectivity index (χ1n) is 11.4. The largest absolute Gasteiger partial charge is 0.508 e. The zero-order valence-electron chi connectivity index (χ0n) is 19.1. The van der Waals surface area contributed by atoms with Gasteiger partial charge in [0.25, 0.3) is 0 Å². The van der Waals surface area contributed by atoms with Gasteiger partial charge in [-0.05, 0) is 41.8 Å². The highest BCUT2D eigenvalue weighted by atomic mass is 16.7. The van der Waals surface area contributed by atoms with Crippen LogP contribution in [-0.2, 0) is 13.0 Å². The van der Waals surface area contributed by atoms with E-state index in [2.05, 4.69) is 20.2 Å². The van der Waals surface area contributed by atoms with Gasteiger partial charge in [-0.1, -0.05) is 18.2 Å². The number of aromatic nitrogens is 2. The maximum atomic E-state index is 12.0. The van der Waals surface area contributed by atoms with Gasteiger partial charge in [-0.2, -0.15) is 0 Å². The zero-order chi connectivity index (χ0) is 24.2. The van der Waals surface area contributed by atoms with Crippen molar-refractivity contribution >= 4 is 17.3 Å². The van der Waals surface area contributed by atoms with Crippen molar-refractivity contribution < 1.29 is 19.5 Å². The highest BCUT2D eigenvalue weighted by molar-refractivity contribution is 5.70. The van der Waals surface area contributed by atoms with E-state index in [1.807, 2.05) is 35.2 Å². The van der Waals surface area contributed by atoms with E-state index in [1.54, 1.807) is 12.1 Å². The minimum Gasteiger partial charge on any atom is -0.508 e. The molecule has 0 amide bonds. The van der Waals surface area contributed by atoms with Crippen molar-refractivity contribution in [3.63, 3.8) is 0 Å². The zero-order valence-corrected chi connectivity index (χ0v) is 19.1. The molecule has 1 aromatic heterocycles. The van der Waals surface area contributed by atoms with Gasteiger partial charge in [0.05, 0.1) is 4.92 Å². The molecule has 0 unspecified atom stereocenters. The van der Waals surface area contributed by atoms with Crippen LogP contribution in [0.3, 0.4) is 0 Å². The first-order chi connectivity index (χ1) is 17.1. The molecule has 2 aliphatic heterocycles. The molecular weight excluding hydrogens is 452 g/mol. The third kappa shape index (κ3) is 5.19. The number of ether oxygens (including phenoxy) is 2. The van der Waals surface area contributed by atoms with Crippen molar-refractivity contribution in [1.29, 1.82) is 0 Å². The molecule has 3 aromatic rings. The number of fused-ring (bicyclic) bond motifs is 1. The van der Waals surface area contributed by atoms with E-state index in [0.717, 1.165) is 42.3 Å². The van der Waals surface area contributed by atoms with Crippen molar-refractivity contribution in [3.05, 3.63) is 70.0 Å². The Hall–Kier alpha value is -4.12. The van der Waals surface area contributed by atoms with Gasteiger partial charge in [-0.25, -0.2) is 9.97 Å². The molecule has 2 N–H and O–H groups in total. The average molecular weight is 479 g/mol. The average Bonchev–Trinajstić information content (AvgIpc) is 3.33. The summed E-state index contributed by atoms with van der Waals surface area (Å²) in [7, 11) is 0. The van der Waals surface area contributed by atoms with Gasteiger partial charge in [0.1, 0.15) is 12.1 Å². The maximum absolute atomic E-state index is 12.0. The summed E-state index contributed by atoms with van der Waals surface area (Å²) in [5.41, 5.74) is 2.03. The quantitative estimate of drug-likeness (QED) is 0.369. The molecule has 0 saturated carbocycles. The number of rotatable bonds is 8. The third-order valence-electron chi connectivity index (χ3n) is 6.14. The number of piperazine rings is 1. The van der Waals surface area contributed by atoms with Gasteiger partial charge >= 0.3 is 5.69 Å². The molecule has 0 radical (unpaired) electrons. The maximum Gasteiger partial charge on any atom is 0.353 e. The summed E-state index contributed by atoms with van der Waals surface area (Å²) in [6.07, 6.45) is 2.00. The highest BCUT2D eigenvalue weighted by Crippen LogP contribution is 2.34. The van der Waals surface area contributed by atoms with Gasteiger partial charge < -0.3 is 24.8 Å². The lowest BCUT2D eigenvalue weighted by atomic mass is 10.1. The van der Waals surface area contributed by atoms with Crippen LogP contribution in [-0.4, -0.2) is 64.4 Å². The van der Waals surface area contributed by atoms with E-state index in [9.17, 15) is 15.2 Å². The molecule has 0 aliphatic carbocycles. The molecule has 0 bridgehead atoms. The van der Waals surface area contributed by atoms with Crippen molar-refractivity contribution in [1.82, 2.24) is 14.9 Å². The molecule has 11 heteroatoms. The van der Waals surface area contributed by atoms with Gasteiger partial charge in [0, 0.05) is 39.3 Å². The number of anilines is 2. The lowest BCUT2D eigenvalue weighted by molar-refractivity contribution is -0.383. The highest BCUT2D eigenvalue weighted by Gasteiger charge is 2.29. The van der Waals surface area contributed by atoms with Crippen LogP contribution in [0.2, 0.25) is 0 Å². The van der Waals surface area contributed by atoms with E-state index in [1.165, 1.54) is 6.33 Å². The Balaban J connectivity index is 1.21. The summed E-state index contributed by atoms with van der Waals surface area (Å²) in [4.78, 5) is 24.2. The van der Waals surface area contributed by atoms with Crippen LogP contribution in [0.25, 0.3) is 0 Å². The van der Waals surface area contributed by atoms with Crippen LogP contribution in [0, 0.1) is 10.1 Å².